The van der Waals surface area contributed by atoms with E-state index in [0.29, 0.717) is 18.9 Å². The van der Waals surface area contributed by atoms with Gasteiger partial charge in [-0.1, -0.05) is 32.0 Å². The van der Waals surface area contributed by atoms with Crippen molar-refractivity contribution >= 4 is 18.3 Å². The Bertz CT molecular complexity index is 426. The molecule has 2 atom stereocenters. The summed E-state index contributed by atoms with van der Waals surface area (Å²) < 4.78 is 5.67. The lowest BCUT2D eigenvalue weighted by Crippen LogP contribution is -2.46. The molecule has 5 heteroatoms. The van der Waals surface area contributed by atoms with E-state index in [0.717, 1.165) is 17.7 Å². The van der Waals surface area contributed by atoms with E-state index in [1.807, 2.05) is 24.3 Å². The van der Waals surface area contributed by atoms with Crippen molar-refractivity contribution < 1.29 is 9.53 Å². The van der Waals surface area contributed by atoms with E-state index >= 15 is 0 Å². The summed E-state index contributed by atoms with van der Waals surface area (Å²) in [6.07, 6.45) is 1.11. The summed E-state index contributed by atoms with van der Waals surface area (Å²) in [5.41, 5.74) is 6.79. The Morgan fingerprint density at radius 2 is 2.15 bits per heavy atom. The number of amides is 1. The molecule has 1 aromatic rings. The predicted octanol–water partition coefficient (Wildman–Crippen LogP) is 1.90. The molecular weight excluding hydrogens is 276 g/mol. The molecule has 1 aliphatic heterocycles. The lowest BCUT2D eigenvalue weighted by atomic mass is 10.0. The third-order valence-electron chi connectivity index (χ3n) is 3.33. The van der Waals surface area contributed by atoms with E-state index < -0.39 is 6.10 Å². The molecule has 0 saturated heterocycles. The Labute approximate surface area is 126 Å². The van der Waals surface area contributed by atoms with Gasteiger partial charge in [-0.25, -0.2) is 0 Å². The zero-order valence-corrected chi connectivity index (χ0v) is 12.8. The van der Waals surface area contributed by atoms with Crippen LogP contribution in [0, 0.1) is 5.92 Å². The van der Waals surface area contributed by atoms with Gasteiger partial charge in [0.05, 0.1) is 0 Å². The van der Waals surface area contributed by atoms with Crippen LogP contribution in [0.2, 0.25) is 0 Å². The first-order valence-corrected chi connectivity index (χ1v) is 6.85. The standard InChI is InChI=1S/C15H22N2O2.ClH/c1-10(2)7-12(9-16)17-15(18)14-8-11-5-3-4-6-13(11)19-14;/h3-6,10,12,14H,7-9,16H2,1-2H3,(H,17,18);1H. The summed E-state index contributed by atoms with van der Waals surface area (Å²) in [6, 6.07) is 7.80. The molecule has 20 heavy (non-hydrogen) atoms. The number of carbonyl (C=O) groups is 1. The number of halogens is 1. The molecule has 3 N–H and O–H groups in total. The molecular formula is C15H23ClN2O2. The van der Waals surface area contributed by atoms with E-state index in [-0.39, 0.29) is 24.4 Å². The highest BCUT2D eigenvalue weighted by molar-refractivity contribution is 5.85. The number of carbonyl (C=O) groups excluding carboxylic acids is 1. The van der Waals surface area contributed by atoms with Gasteiger partial charge in [0, 0.05) is 19.0 Å². The molecule has 112 valence electrons. The largest absolute Gasteiger partial charge is 0.480 e. The highest BCUT2D eigenvalue weighted by atomic mass is 35.5. The van der Waals surface area contributed by atoms with Crippen molar-refractivity contribution in [2.75, 3.05) is 6.54 Å². The van der Waals surface area contributed by atoms with E-state index in [4.69, 9.17) is 10.5 Å². The van der Waals surface area contributed by atoms with Crippen LogP contribution in [0.1, 0.15) is 25.8 Å². The molecule has 0 aromatic heterocycles. The molecule has 0 spiro atoms. The summed E-state index contributed by atoms with van der Waals surface area (Å²) in [6.45, 7) is 4.71. The third-order valence-corrected chi connectivity index (χ3v) is 3.33. The first kappa shape index (κ1) is 16.8. The predicted molar refractivity (Wildman–Crippen MR) is 82.3 cm³/mol. The van der Waals surface area contributed by atoms with Crippen LogP contribution in [-0.2, 0) is 11.2 Å². The number of hydrogen-bond acceptors (Lipinski definition) is 3. The van der Waals surface area contributed by atoms with Crippen molar-refractivity contribution in [2.45, 2.75) is 38.8 Å². The second-order valence-corrected chi connectivity index (χ2v) is 5.49. The van der Waals surface area contributed by atoms with Crippen LogP contribution in [0.4, 0.5) is 0 Å². The van der Waals surface area contributed by atoms with Crippen molar-refractivity contribution in [3.63, 3.8) is 0 Å². The van der Waals surface area contributed by atoms with Gasteiger partial charge in [0.2, 0.25) is 0 Å². The van der Waals surface area contributed by atoms with E-state index in [1.54, 1.807) is 0 Å². The lowest BCUT2D eigenvalue weighted by molar-refractivity contribution is -0.128. The maximum Gasteiger partial charge on any atom is 0.261 e. The van der Waals surface area contributed by atoms with Crippen LogP contribution < -0.4 is 15.8 Å². The quantitative estimate of drug-likeness (QED) is 0.873. The van der Waals surface area contributed by atoms with Gasteiger partial charge in [0.1, 0.15) is 5.75 Å². The number of nitrogens with one attached hydrogen (secondary N) is 1. The molecule has 1 aromatic carbocycles. The molecule has 0 bridgehead atoms. The topological polar surface area (TPSA) is 64.3 Å². The molecule has 4 nitrogen and oxygen atoms in total. The fraction of sp³-hybridized carbons (Fsp3) is 0.533. The number of fused-ring (bicyclic) bond motifs is 1. The van der Waals surface area contributed by atoms with Crippen LogP contribution >= 0.6 is 12.4 Å². The van der Waals surface area contributed by atoms with Crippen molar-refractivity contribution in [1.29, 1.82) is 0 Å². The summed E-state index contributed by atoms with van der Waals surface area (Å²) in [5, 5.41) is 2.99. The number of benzene rings is 1. The molecule has 2 unspecified atom stereocenters. The highest BCUT2D eigenvalue weighted by Gasteiger charge is 2.29. The van der Waals surface area contributed by atoms with Gasteiger partial charge < -0.3 is 15.8 Å². The van der Waals surface area contributed by atoms with E-state index in [1.165, 1.54) is 0 Å². The number of nitrogens with two attached hydrogens (primary N) is 1. The minimum atomic E-state index is -0.418. The van der Waals surface area contributed by atoms with Gasteiger partial charge in [-0.2, -0.15) is 0 Å². The normalized spacial score (nSPS) is 17.9. The van der Waals surface area contributed by atoms with Crippen LogP contribution in [0.15, 0.2) is 24.3 Å². The fourth-order valence-corrected chi connectivity index (χ4v) is 2.41. The van der Waals surface area contributed by atoms with Crippen LogP contribution in [0.5, 0.6) is 5.75 Å². The highest BCUT2D eigenvalue weighted by Crippen LogP contribution is 2.28. The maximum atomic E-state index is 12.2. The van der Waals surface area contributed by atoms with E-state index in [9.17, 15) is 4.79 Å². The monoisotopic (exact) mass is 298 g/mol. The van der Waals surface area contributed by atoms with Crippen molar-refractivity contribution in [3.05, 3.63) is 29.8 Å². The summed E-state index contributed by atoms with van der Waals surface area (Å²) >= 11 is 0. The van der Waals surface area contributed by atoms with Crippen LogP contribution in [0.25, 0.3) is 0 Å². The van der Waals surface area contributed by atoms with Crippen molar-refractivity contribution in [3.8, 4) is 5.75 Å². The summed E-state index contributed by atoms with van der Waals surface area (Å²) in [7, 11) is 0. The minimum absolute atomic E-state index is 0. The first-order chi connectivity index (χ1) is 9.10. The van der Waals surface area contributed by atoms with Gasteiger partial charge in [0.15, 0.2) is 6.10 Å². The van der Waals surface area contributed by atoms with Gasteiger partial charge in [0.25, 0.3) is 5.91 Å². The number of ether oxygens (including phenoxy) is 1. The number of hydrogen-bond donors (Lipinski definition) is 2. The van der Waals surface area contributed by atoms with Crippen molar-refractivity contribution in [2.24, 2.45) is 11.7 Å². The Balaban J connectivity index is 0.00000200. The zero-order valence-electron chi connectivity index (χ0n) is 12.0. The Hall–Kier alpha value is -1.26. The van der Waals surface area contributed by atoms with Gasteiger partial charge in [-0.15, -0.1) is 12.4 Å². The molecule has 1 heterocycles. The van der Waals surface area contributed by atoms with Gasteiger partial charge >= 0.3 is 0 Å². The molecule has 0 fully saturated rings. The molecule has 1 amide bonds. The maximum absolute atomic E-state index is 12.2. The van der Waals surface area contributed by atoms with Gasteiger partial charge in [-0.3, -0.25) is 4.79 Å². The van der Waals surface area contributed by atoms with E-state index in [2.05, 4.69) is 19.2 Å². The van der Waals surface area contributed by atoms with Crippen molar-refractivity contribution in [1.82, 2.24) is 5.32 Å². The summed E-state index contributed by atoms with van der Waals surface area (Å²) in [4.78, 5) is 12.2. The van der Waals surface area contributed by atoms with Crippen LogP contribution in [-0.4, -0.2) is 24.6 Å². The fourth-order valence-electron chi connectivity index (χ4n) is 2.41. The number of rotatable bonds is 5. The van der Waals surface area contributed by atoms with Gasteiger partial charge in [-0.05, 0) is 24.0 Å². The molecule has 0 aliphatic carbocycles. The smallest absolute Gasteiger partial charge is 0.261 e. The first-order valence-electron chi connectivity index (χ1n) is 6.85. The third kappa shape index (κ3) is 4.12. The average molecular weight is 299 g/mol. The molecule has 0 saturated carbocycles. The summed E-state index contributed by atoms with van der Waals surface area (Å²) in [5.74, 6) is 1.26. The van der Waals surface area contributed by atoms with Crippen LogP contribution in [0.3, 0.4) is 0 Å². The SMILES string of the molecule is CC(C)CC(CN)NC(=O)C1Cc2ccccc2O1.Cl. The molecule has 2 rings (SSSR count). The Morgan fingerprint density at radius 1 is 1.45 bits per heavy atom. The lowest BCUT2D eigenvalue weighted by Gasteiger charge is -2.20. The Morgan fingerprint density at radius 3 is 2.75 bits per heavy atom. The second-order valence-electron chi connectivity index (χ2n) is 5.49. The minimum Gasteiger partial charge on any atom is -0.480 e. The Kier molecular flexibility index (Phi) is 6.30. The molecule has 0 radical (unpaired) electrons. The molecule has 1 aliphatic rings. The zero-order chi connectivity index (χ0) is 13.8. The second kappa shape index (κ2) is 7.50. The number of para-hydroxylation sites is 1. The average Bonchev–Trinajstić information content (AvgIpc) is 2.81.